The SMILES string of the molecule is CC1(C)OC2C(O1)[C@@H](CO)O[C@H]2n1cnc2c(N3CCCCC3c3ccccc3)nc(Cl)nc21. The maximum Gasteiger partial charge on any atom is 0.226 e. The number of hydrogen-bond donors (Lipinski definition) is 1. The van der Waals surface area contributed by atoms with Gasteiger partial charge in [-0.3, -0.25) is 4.57 Å². The second kappa shape index (κ2) is 8.42. The Labute approximate surface area is 202 Å². The summed E-state index contributed by atoms with van der Waals surface area (Å²) in [5.41, 5.74) is 2.48. The van der Waals surface area contributed by atoms with Gasteiger partial charge in [0.1, 0.15) is 18.3 Å². The fraction of sp³-hybridized carbons (Fsp3) is 0.542. The van der Waals surface area contributed by atoms with Crippen LogP contribution in [0.1, 0.15) is 50.9 Å². The highest BCUT2D eigenvalue weighted by molar-refractivity contribution is 6.28. The Morgan fingerprint density at radius 1 is 1.12 bits per heavy atom. The van der Waals surface area contributed by atoms with E-state index in [0.29, 0.717) is 11.2 Å². The molecule has 3 saturated heterocycles. The fourth-order valence-electron chi connectivity index (χ4n) is 5.50. The molecule has 0 saturated carbocycles. The lowest BCUT2D eigenvalue weighted by Crippen LogP contribution is -2.34. The van der Waals surface area contributed by atoms with Crippen molar-refractivity contribution in [3.63, 3.8) is 0 Å². The Balaban J connectivity index is 1.42. The first kappa shape index (κ1) is 22.2. The van der Waals surface area contributed by atoms with Crippen LogP contribution in [0.4, 0.5) is 5.82 Å². The van der Waals surface area contributed by atoms with Crippen molar-refractivity contribution in [2.45, 2.75) is 69.5 Å². The van der Waals surface area contributed by atoms with E-state index in [-0.39, 0.29) is 24.0 Å². The van der Waals surface area contributed by atoms with E-state index in [1.807, 2.05) is 24.5 Å². The molecule has 10 heteroatoms. The summed E-state index contributed by atoms with van der Waals surface area (Å²) in [5, 5.41) is 10.0. The second-order valence-corrected chi connectivity index (χ2v) is 9.91. The molecular weight excluding hydrogens is 458 g/mol. The van der Waals surface area contributed by atoms with Gasteiger partial charge < -0.3 is 24.2 Å². The molecule has 2 aromatic heterocycles. The molecule has 34 heavy (non-hydrogen) atoms. The van der Waals surface area contributed by atoms with Crippen LogP contribution in [0.5, 0.6) is 0 Å². The largest absolute Gasteiger partial charge is 0.394 e. The molecule has 3 fully saturated rings. The lowest BCUT2D eigenvalue weighted by atomic mass is 9.95. The first-order valence-corrected chi connectivity index (χ1v) is 12.2. The number of aromatic nitrogens is 4. The molecule has 9 nitrogen and oxygen atoms in total. The number of imidazole rings is 1. The lowest BCUT2D eigenvalue weighted by molar-refractivity contribution is -0.199. The van der Waals surface area contributed by atoms with Gasteiger partial charge in [0.15, 0.2) is 29.0 Å². The molecule has 3 unspecified atom stereocenters. The molecule has 3 aromatic rings. The number of rotatable bonds is 4. The van der Waals surface area contributed by atoms with Crippen LogP contribution in [-0.2, 0) is 14.2 Å². The predicted molar refractivity (Wildman–Crippen MR) is 126 cm³/mol. The number of piperidine rings is 1. The molecular formula is C24H28ClN5O4. The minimum atomic E-state index is -0.768. The van der Waals surface area contributed by atoms with Gasteiger partial charge in [0.25, 0.3) is 0 Å². The van der Waals surface area contributed by atoms with Crippen molar-refractivity contribution in [2.24, 2.45) is 0 Å². The van der Waals surface area contributed by atoms with Crippen LogP contribution < -0.4 is 4.90 Å². The molecule has 5 atom stereocenters. The Kier molecular flexibility index (Phi) is 5.50. The zero-order valence-corrected chi connectivity index (χ0v) is 19.9. The number of aliphatic hydroxyl groups is 1. The van der Waals surface area contributed by atoms with Crippen LogP contribution in [0.2, 0.25) is 5.28 Å². The van der Waals surface area contributed by atoms with Crippen LogP contribution >= 0.6 is 11.6 Å². The van der Waals surface area contributed by atoms with Crippen molar-refractivity contribution in [2.75, 3.05) is 18.1 Å². The molecule has 0 radical (unpaired) electrons. The Morgan fingerprint density at radius 3 is 2.71 bits per heavy atom. The molecule has 1 N–H and O–H groups in total. The van der Waals surface area contributed by atoms with Gasteiger partial charge in [0.05, 0.1) is 19.0 Å². The highest BCUT2D eigenvalue weighted by Gasteiger charge is 2.56. The van der Waals surface area contributed by atoms with Gasteiger partial charge in [-0.25, -0.2) is 4.98 Å². The van der Waals surface area contributed by atoms with Gasteiger partial charge in [0.2, 0.25) is 5.28 Å². The van der Waals surface area contributed by atoms with E-state index in [1.54, 1.807) is 6.33 Å². The monoisotopic (exact) mass is 485 g/mol. The third-order valence-corrected chi connectivity index (χ3v) is 7.08. The Bertz CT molecular complexity index is 1190. The van der Waals surface area contributed by atoms with Gasteiger partial charge in [-0.15, -0.1) is 0 Å². The molecule has 0 bridgehead atoms. The first-order valence-electron chi connectivity index (χ1n) is 11.8. The molecule has 6 rings (SSSR count). The number of benzene rings is 1. The van der Waals surface area contributed by atoms with Crippen molar-refractivity contribution >= 4 is 28.6 Å². The van der Waals surface area contributed by atoms with Crippen molar-refractivity contribution < 1.29 is 19.3 Å². The molecule has 3 aliphatic heterocycles. The maximum absolute atomic E-state index is 9.87. The fourth-order valence-corrected chi connectivity index (χ4v) is 5.66. The first-order chi connectivity index (χ1) is 16.4. The number of aliphatic hydroxyl groups excluding tert-OH is 1. The van der Waals surface area contributed by atoms with E-state index in [4.69, 9.17) is 30.8 Å². The van der Waals surface area contributed by atoms with Crippen molar-refractivity contribution in [3.05, 3.63) is 47.5 Å². The average Bonchev–Trinajstić information content (AvgIpc) is 3.49. The van der Waals surface area contributed by atoms with Crippen molar-refractivity contribution in [1.29, 1.82) is 0 Å². The van der Waals surface area contributed by atoms with Crippen molar-refractivity contribution in [1.82, 2.24) is 19.5 Å². The normalized spacial score (nSPS) is 30.7. The van der Waals surface area contributed by atoms with Gasteiger partial charge in [-0.2, -0.15) is 9.97 Å². The second-order valence-electron chi connectivity index (χ2n) is 9.57. The highest BCUT2D eigenvalue weighted by atomic mass is 35.5. The van der Waals surface area contributed by atoms with E-state index in [9.17, 15) is 5.11 Å². The highest BCUT2D eigenvalue weighted by Crippen LogP contribution is 2.44. The number of ether oxygens (including phenoxy) is 3. The summed E-state index contributed by atoms with van der Waals surface area (Å²) < 4.78 is 20.1. The van der Waals surface area contributed by atoms with Gasteiger partial charge >= 0.3 is 0 Å². The van der Waals surface area contributed by atoms with E-state index >= 15 is 0 Å². The van der Waals surface area contributed by atoms with Gasteiger partial charge in [-0.1, -0.05) is 30.3 Å². The molecule has 180 valence electrons. The zero-order chi connectivity index (χ0) is 23.4. The lowest BCUT2D eigenvalue weighted by Gasteiger charge is -2.37. The summed E-state index contributed by atoms with van der Waals surface area (Å²) in [6, 6.07) is 10.7. The molecule has 3 aliphatic rings. The minimum Gasteiger partial charge on any atom is -0.394 e. The number of fused-ring (bicyclic) bond motifs is 2. The van der Waals surface area contributed by atoms with Crippen LogP contribution in [0, 0.1) is 0 Å². The van der Waals surface area contributed by atoms with Crippen LogP contribution in [0.3, 0.4) is 0 Å². The summed E-state index contributed by atoms with van der Waals surface area (Å²) in [5.74, 6) is -0.0465. The topological polar surface area (TPSA) is 94.8 Å². The van der Waals surface area contributed by atoms with Crippen LogP contribution in [0.15, 0.2) is 36.7 Å². The van der Waals surface area contributed by atoms with Crippen LogP contribution in [0.25, 0.3) is 11.2 Å². The summed E-state index contributed by atoms with van der Waals surface area (Å²) in [7, 11) is 0. The third kappa shape index (κ3) is 3.67. The number of halogens is 1. The summed E-state index contributed by atoms with van der Waals surface area (Å²) >= 11 is 6.46. The third-order valence-electron chi connectivity index (χ3n) is 6.91. The molecule has 0 aliphatic carbocycles. The van der Waals surface area contributed by atoms with E-state index in [1.165, 1.54) is 5.56 Å². The molecule has 1 aromatic carbocycles. The summed E-state index contributed by atoms with van der Waals surface area (Å²) in [4.78, 5) is 16.2. The van der Waals surface area contributed by atoms with E-state index < -0.39 is 24.2 Å². The smallest absolute Gasteiger partial charge is 0.226 e. The summed E-state index contributed by atoms with van der Waals surface area (Å²) in [6.07, 6.45) is 3.09. The molecule has 0 amide bonds. The Morgan fingerprint density at radius 2 is 1.91 bits per heavy atom. The maximum atomic E-state index is 9.87. The zero-order valence-electron chi connectivity index (χ0n) is 19.2. The number of nitrogens with zero attached hydrogens (tertiary/aromatic N) is 5. The summed E-state index contributed by atoms with van der Waals surface area (Å²) in [6.45, 7) is 4.41. The number of hydrogen-bond acceptors (Lipinski definition) is 8. The quantitative estimate of drug-likeness (QED) is 0.560. The Hall–Kier alpha value is -2.30. The molecule has 5 heterocycles. The predicted octanol–water partition coefficient (Wildman–Crippen LogP) is 3.62. The minimum absolute atomic E-state index is 0.152. The number of anilines is 1. The molecule has 0 spiro atoms. The van der Waals surface area contributed by atoms with Crippen molar-refractivity contribution in [3.8, 4) is 0 Å². The van der Waals surface area contributed by atoms with Gasteiger partial charge in [-0.05, 0) is 50.3 Å². The van der Waals surface area contributed by atoms with E-state index in [0.717, 1.165) is 31.6 Å². The average molecular weight is 486 g/mol. The van der Waals surface area contributed by atoms with E-state index in [2.05, 4.69) is 39.1 Å². The standard InChI is InChI=1S/C24H28ClN5O4/c1-24(2)33-18-16(12-31)32-22(19(18)34-24)30-13-26-17-20(27-23(25)28-21(17)30)29-11-7-6-10-15(29)14-8-4-3-5-9-14/h3-5,8-9,13,15-16,18-19,22,31H,6-7,10-12H2,1-2H3/t15?,16-,18?,19?,22-/m1/s1. The van der Waals surface area contributed by atoms with Gasteiger partial charge in [0, 0.05) is 6.54 Å². The van der Waals surface area contributed by atoms with Crippen LogP contribution in [-0.4, -0.2) is 61.9 Å².